The lowest BCUT2D eigenvalue weighted by Gasteiger charge is -2.29. The van der Waals surface area contributed by atoms with Crippen molar-refractivity contribution in [1.29, 1.82) is 5.26 Å². The molecule has 1 N–H and O–H groups in total. The second-order valence-electron chi connectivity index (χ2n) is 2.89. The molecule has 0 saturated carbocycles. The van der Waals surface area contributed by atoms with Crippen LogP contribution in [-0.2, 0) is 4.74 Å². The maximum Gasteiger partial charge on any atom is 0.156 e. The highest BCUT2D eigenvalue weighted by molar-refractivity contribution is 4.89. The van der Waals surface area contributed by atoms with E-state index in [1.165, 1.54) is 0 Å². The molecule has 1 atom stereocenters. The summed E-state index contributed by atoms with van der Waals surface area (Å²) in [5, 5.41) is 11.7. The molecule has 4 nitrogen and oxygen atoms in total. The van der Waals surface area contributed by atoms with Gasteiger partial charge in [0.2, 0.25) is 0 Å². The molecule has 1 fully saturated rings. The molecule has 0 spiro atoms. The van der Waals surface area contributed by atoms with E-state index in [1.807, 2.05) is 7.05 Å². The SMILES string of the molecule is CNCCN1CCOC(C#N)C1. The zero-order valence-corrected chi connectivity index (χ0v) is 7.42. The van der Waals surface area contributed by atoms with E-state index < -0.39 is 0 Å². The zero-order chi connectivity index (χ0) is 8.81. The van der Waals surface area contributed by atoms with E-state index in [9.17, 15) is 0 Å². The van der Waals surface area contributed by atoms with Crippen molar-refractivity contribution in [2.45, 2.75) is 6.10 Å². The Hall–Kier alpha value is -0.630. The first-order chi connectivity index (χ1) is 5.86. The Morgan fingerprint density at radius 1 is 1.75 bits per heavy atom. The number of nitriles is 1. The van der Waals surface area contributed by atoms with E-state index in [0.29, 0.717) is 6.61 Å². The minimum Gasteiger partial charge on any atom is -0.361 e. The predicted molar refractivity (Wildman–Crippen MR) is 45.7 cm³/mol. The molecule has 0 radical (unpaired) electrons. The molecule has 0 aromatic carbocycles. The van der Waals surface area contributed by atoms with E-state index >= 15 is 0 Å². The molecule has 1 unspecified atom stereocenters. The Morgan fingerprint density at radius 3 is 3.25 bits per heavy atom. The van der Waals surface area contributed by atoms with E-state index in [4.69, 9.17) is 10.00 Å². The quantitative estimate of drug-likeness (QED) is 0.614. The van der Waals surface area contributed by atoms with Gasteiger partial charge in [0.05, 0.1) is 12.7 Å². The van der Waals surface area contributed by atoms with Crippen molar-refractivity contribution in [1.82, 2.24) is 10.2 Å². The number of morpholine rings is 1. The third-order valence-electron chi connectivity index (χ3n) is 1.97. The standard InChI is InChI=1S/C8H15N3O/c1-10-2-3-11-4-5-12-8(6-9)7-11/h8,10H,2-5,7H2,1H3. The summed E-state index contributed by atoms with van der Waals surface area (Å²) in [6.07, 6.45) is -0.226. The van der Waals surface area contributed by atoms with Crippen LogP contribution in [0.1, 0.15) is 0 Å². The van der Waals surface area contributed by atoms with Gasteiger partial charge in [0, 0.05) is 26.2 Å². The topological polar surface area (TPSA) is 48.3 Å². The van der Waals surface area contributed by atoms with Crippen LogP contribution < -0.4 is 5.32 Å². The summed E-state index contributed by atoms with van der Waals surface area (Å²) in [6.45, 7) is 4.34. The summed E-state index contributed by atoms with van der Waals surface area (Å²) in [4.78, 5) is 2.24. The van der Waals surface area contributed by atoms with Crippen molar-refractivity contribution in [3.63, 3.8) is 0 Å². The van der Waals surface area contributed by atoms with Gasteiger partial charge in [-0.2, -0.15) is 5.26 Å². The lowest BCUT2D eigenvalue weighted by atomic mass is 10.3. The number of ether oxygens (including phenoxy) is 1. The van der Waals surface area contributed by atoms with Gasteiger partial charge in [-0.25, -0.2) is 0 Å². The zero-order valence-electron chi connectivity index (χ0n) is 7.42. The van der Waals surface area contributed by atoms with Crippen LogP contribution in [0.25, 0.3) is 0 Å². The smallest absolute Gasteiger partial charge is 0.156 e. The molecule has 0 bridgehead atoms. The Morgan fingerprint density at radius 2 is 2.58 bits per heavy atom. The number of rotatable bonds is 3. The van der Waals surface area contributed by atoms with Crippen molar-refractivity contribution < 1.29 is 4.74 Å². The van der Waals surface area contributed by atoms with E-state index in [0.717, 1.165) is 26.2 Å². The summed E-state index contributed by atoms with van der Waals surface area (Å²) >= 11 is 0. The number of nitrogens with one attached hydrogen (secondary N) is 1. The summed E-state index contributed by atoms with van der Waals surface area (Å²) < 4.78 is 5.21. The molecular weight excluding hydrogens is 154 g/mol. The number of likely N-dealkylation sites (N-methyl/N-ethyl adjacent to an activating group) is 1. The highest BCUT2D eigenvalue weighted by atomic mass is 16.5. The summed E-state index contributed by atoms with van der Waals surface area (Å²) in [5.74, 6) is 0. The first-order valence-corrected chi connectivity index (χ1v) is 4.25. The number of hydrogen-bond acceptors (Lipinski definition) is 4. The van der Waals surface area contributed by atoms with Gasteiger partial charge in [-0.1, -0.05) is 0 Å². The van der Waals surface area contributed by atoms with Gasteiger partial charge < -0.3 is 10.1 Å². The molecule has 12 heavy (non-hydrogen) atoms. The fourth-order valence-electron chi connectivity index (χ4n) is 1.25. The lowest BCUT2D eigenvalue weighted by Crippen LogP contribution is -2.44. The van der Waals surface area contributed by atoms with Crippen LogP contribution in [0.15, 0.2) is 0 Å². The molecule has 0 aliphatic carbocycles. The van der Waals surface area contributed by atoms with Crippen LogP contribution in [-0.4, -0.2) is 50.8 Å². The minimum absolute atomic E-state index is 0.226. The van der Waals surface area contributed by atoms with Crippen LogP contribution in [0.2, 0.25) is 0 Å². The van der Waals surface area contributed by atoms with Gasteiger partial charge >= 0.3 is 0 Å². The Balaban J connectivity index is 2.22. The largest absolute Gasteiger partial charge is 0.361 e. The molecule has 0 amide bonds. The van der Waals surface area contributed by atoms with Crippen molar-refractivity contribution in [2.24, 2.45) is 0 Å². The molecule has 1 rings (SSSR count). The normalized spacial score (nSPS) is 25.2. The van der Waals surface area contributed by atoms with Gasteiger partial charge in [-0.3, -0.25) is 4.90 Å². The Labute approximate surface area is 73.1 Å². The van der Waals surface area contributed by atoms with Gasteiger partial charge in [0.15, 0.2) is 6.10 Å². The van der Waals surface area contributed by atoms with Crippen LogP contribution in [0, 0.1) is 11.3 Å². The summed E-state index contributed by atoms with van der Waals surface area (Å²) in [7, 11) is 1.93. The van der Waals surface area contributed by atoms with E-state index in [2.05, 4.69) is 16.3 Å². The maximum atomic E-state index is 8.62. The molecular formula is C8H15N3O. The number of nitrogens with zero attached hydrogens (tertiary/aromatic N) is 2. The highest BCUT2D eigenvalue weighted by Gasteiger charge is 2.18. The molecule has 1 saturated heterocycles. The first-order valence-electron chi connectivity index (χ1n) is 4.25. The predicted octanol–water partition coefficient (Wildman–Crippen LogP) is -0.570. The molecule has 1 aliphatic rings. The fraction of sp³-hybridized carbons (Fsp3) is 0.875. The van der Waals surface area contributed by atoms with Gasteiger partial charge in [0.25, 0.3) is 0 Å². The van der Waals surface area contributed by atoms with Crippen molar-refractivity contribution in [3.8, 4) is 6.07 Å². The van der Waals surface area contributed by atoms with E-state index in [-0.39, 0.29) is 6.10 Å². The number of hydrogen-bond donors (Lipinski definition) is 1. The average molecular weight is 169 g/mol. The first kappa shape index (κ1) is 9.46. The molecule has 0 aromatic heterocycles. The average Bonchev–Trinajstić information content (AvgIpc) is 2.15. The second-order valence-corrected chi connectivity index (χ2v) is 2.89. The molecule has 1 heterocycles. The van der Waals surface area contributed by atoms with Crippen LogP contribution >= 0.6 is 0 Å². The van der Waals surface area contributed by atoms with Gasteiger partial charge in [-0.05, 0) is 7.05 Å². The molecule has 68 valence electrons. The third kappa shape index (κ3) is 2.78. The van der Waals surface area contributed by atoms with Crippen molar-refractivity contribution in [2.75, 3.05) is 39.8 Å². The molecule has 1 aliphatic heterocycles. The van der Waals surface area contributed by atoms with Crippen molar-refractivity contribution in [3.05, 3.63) is 0 Å². The van der Waals surface area contributed by atoms with Crippen LogP contribution in [0.4, 0.5) is 0 Å². The van der Waals surface area contributed by atoms with E-state index in [1.54, 1.807) is 0 Å². The summed E-state index contributed by atoms with van der Waals surface area (Å²) in [5.41, 5.74) is 0. The Bertz CT molecular complexity index is 166. The molecule has 0 aromatic rings. The minimum atomic E-state index is -0.226. The highest BCUT2D eigenvalue weighted by Crippen LogP contribution is 2.02. The van der Waals surface area contributed by atoms with Crippen molar-refractivity contribution >= 4 is 0 Å². The fourth-order valence-corrected chi connectivity index (χ4v) is 1.25. The van der Waals surface area contributed by atoms with Gasteiger partial charge in [0.1, 0.15) is 0 Å². The van der Waals surface area contributed by atoms with Crippen LogP contribution in [0.3, 0.4) is 0 Å². The molecule has 4 heteroatoms. The Kier molecular flexibility index (Phi) is 4.01. The summed E-state index contributed by atoms with van der Waals surface area (Å²) in [6, 6.07) is 2.13. The van der Waals surface area contributed by atoms with Crippen LogP contribution in [0.5, 0.6) is 0 Å². The third-order valence-corrected chi connectivity index (χ3v) is 1.97. The lowest BCUT2D eigenvalue weighted by molar-refractivity contribution is 0.00127. The van der Waals surface area contributed by atoms with Gasteiger partial charge in [-0.15, -0.1) is 0 Å². The monoisotopic (exact) mass is 169 g/mol. The maximum absolute atomic E-state index is 8.62. The second kappa shape index (κ2) is 5.09.